The summed E-state index contributed by atoms with van der Waals surface area (Å²) in [6.07, 6.45) is 2.74. The fourth-order valence-corrected chi connectivity index (χ4v) is 2.83. The van der Waals surface area contributed by atoms with Gasteiger partial charge in [0.05, 0.1) is 6.61 Å². The van der Waals surface area contributed by atoms with Crippen LogP contribution in [0.15, 0.2) is 60.1 Å². The van der Waals surface area contributed by atoms with Crippen LogP contribution in [0.25, 0.3) is 10.6 Å². The maximum atomic E-state index is 12.3. The largest absolute Gasteiger partial charge is 0.494 e. The summed E-state index contributed by atoms with van der Waals surface area (Å²) >= 11 is 1.59. The molecule has 0 unspecified atom stereocenters. The molecule has 0 aliphatic carbocycles. The molecule has 122 valence electrons. The molecule has 5 heteroatoms. The van der Waals surface area contributed by atoms with Crippen molar-refractivity contribution in [2.45, 2.75) is 13.3 Å². The minimum Gasteiger partial charge on any atom is -0.494 e. The van der Waals surface area contributed by atoms with Crippen molar-refractivity contribution in [3.63, 3.8) is 0 Å². The van der Waals surface area contributed by atoms with Crippen molar-refractivity contribution in [3.05, 3.63) is 65.7 Å². The second kappa shape index (κ2) is 7.75. The number of aromatic nitrogens is 1. The molecule has 0 radical (unpaired) electrons. The number of hydrogen-bond donors (Lipinski definition) is 1. The van der Waals surface area contributed by atoms with Crippen molar-refractivity contribution in [1.29, 1.82) is 0 Å². The molecule has 0 spiro atoms. The lowest BCUT2D eigenvalue weighted by Gasteiger charge is -2.08. The fraction of sp³-hybridized carbons (Fsp3) is 0.158. The third-order valence-corrected chi connectivity index (χ3v) is 4.23. The Morgan fingerprint density at radius 1 is 1.12 bits per heavy atom. The molecule has 24 heavy (non-hydrogen) atoms. The summed E-state index contributed by atoms with van der Waals surface area (Å²) in [6, 6.07) is 14.8. The van der Waals surface area contributed by atoms with Crippen LogP contribution in [0.4, 0.5) is 5.69 Å². The zero-order chi connectivity index (χ0) is 16.8. The summed E-state index contributed by atoms with van der Waals surface area (Å²) in [4.78, 5) is 16.6. The molecule has 0 saturated heterocycles. The molecule has 3 rings (SSSR count). The average molecular weight is 338 g/mol. The molecule has 4 nitrogen and oxygen atoms in total. The SMILES string of the molecule is CCCOc1ccc(C(=O)Nc2ccc(-c3nccs3)cc2)cc1. The van der Waals surface area contributed by atoms with E-state index in [-0.39, 0.29) is 5.91 Å². The molecule has 1 N–H and O–H groups in total. The first-order chi connectivity index (χ1) is 11.8. The molecule has 0 bridgehead atoms. The highest BCUT2D eigenvalue weighted by molar-refractivity contribution is 7.13. The Balaban J connectivity index is 1.64. The number of anilines is 1. The Morgan fingerprint density at radius 2 is 1.88 bits per heavy atom. The lowest BCUT2D eigenvalue weighted by molar-refractivity contribution is 0.102. The van der Waals surface area contributed by atoms with Gasteiger partial charge in [-0.2, -0.15) is 0 Å². The molecule has 1 aromatic heterocycles. The minimum absolute atomic E-state index is 0.140. The third-order valence-electron chi connectivity index (χ3n) is 3.41. The highest BCUT2D eigenvalue weighted by atomic mass is 32.1. The van der Waals surface area contributed by atoms with E-state index in [4.69, 9.17) is 4.74 Å². The van der Waals surface area contributed by atoms with Crippen LogP contribution in [0.1, 0.15) is 23.7 Å². The Kier molecular flexibility index (Phi) is 5.23. The quantitative estimate of drug-likeness (QED) is 0.699. The third kappa shape index (κ3) is 4.00. The first kappa shape index (κ1) is 16.2. The number of thiazole rings is 1. The second-order valence-corrected chi connectivity index (χ2v) is 6.14. The number of hydrogen-bond acceptors (Lipinski definition) is 4. The number of nitrogens with one attached hydrogen (secondary N) is 1. The first-order valence-electron chi connectivity index (χ1n) is 7.80. The summed E-state index contributed by atoms with van der Waals surface area (Å²) in [5, 5.41) is 5.81. The van der Waals surface area contributed by atoms with Crippen LogP contribution < -0.4 is 10.1 Å². The van der Waals surface area contributed by atoms with Crippen LogP contribution in [0.3, 0.4) is 0 Å². The molecule has 2 aromatic carbocycles. The maximum Gasteiger partial charge on any atom is 0.255 e. The number of benzene rings is 2. The molecule has 0 aliphatic heterocycles. The smallest absolute Gasteiger partial charge is 0.255 e. The lowest BCUT2D eigenvalue weighted by Crippen LogP contribution is -2.11. The summed E-state index contributed by atoms with van der Waals surface area (Å²) in [5.41, 5.74) is 2.40. The first-order valence-corrected chi connectivity index (χ1v) is 8.68. The van der Waals surface area contributed by atoms with Crippen molar-refractivity contribution in [2.75, 3.05) is 11.9 Å². The van der Waals surface area contributed by atoms with E-state index in [0.29, 0.717) is 12.2 Å². The van der Waals surface area contributed by atoms with E-state index in [1.807, 2.05) is 41.8 Å². The summed E-state index contributed by atoms with van der Waals surface area (Å²) in [5.74, 6) is 0.639. The number of amides is 1. The fourth-order valence-electron chi connectivity index (χ4n) is 2.19. The van der Waals surface area contributed by atoms with E-state index in [1.165, 1.54) is 0 Å². The summed E-state index contributed by atoms with van der Waals surface area (Å²) < 4.78 is 5.52. The molecular weight excluding hydrogens is 320 g/mol. The number of ether oxygens (including phenoxy) is 1. The van der Waals surface area contributed by atoms with Gasteiger partial charge in [0.1, 0.15) is 10.8 Å². The minimum atomic E-state index is -0.140. The van der Waals surface area contributed by atoms with Gasteiger partial charge in [-0.15, -0.1) is 11.3 Å². The van der Waals surface area contributed by atoms with Crippen LogP contribution in [-0.2, 0) is 0 Å². The average Bonchev–Trinajstić information content (AvgIpc) is 3.15. The standard InChI is InChI=1S/C19H18N2O2S/c1-2-12-23-17-9-5-14(6-10-17)18(22)21-16-7-3-15(4-8-16)19-20-11-13-24-19/h3-11,13H,2,12H2,1H3,(H,21,22). The van der Waals surface area contributed by atoms with Crippen molar-refractivity contribution in [1.82, 2.24) is 4.98 Å². The van der Waals surface area contributed by atoms with E-state index in [9.17, 15) is 4.79 Å². The predicted molar refractivity (Wildman–Crippen MR) is 97.7 cm³/mol. The zero-order valence-corrected chi connectivity index (χ0v) is 14.2. The van der Waals surface area contributed by atoms with Crippen molar-refractivity contribution >= 4 is 22.9 Å². The van der Waals surface area contributed by atoms with Crippen LogP contribution in [0.2, 0.25) is 0 Å². The van der Waals surface area contributed by atoms with Crippen LogP contribution in [0.5, 0.6) is 5.75 Å². The Hall–Kier alpha value is -2.66. The lowest BCUT2D eigenvalue weighted by atomic mass is 10.2. The Labute approximate surface area is 145 Å². The van der Waals surface area contributed by atoms with Crippen molar-refractivity contribution in [2.24, 2.45) is 0 Å². The van der Waals surface area contributed by atoms with E-state index in [0.717, 1.165) is 28.4 Å². The van der Waals surface area contributed by atoms with Crippen LogP contribution >= 0.6 is 11.3 Å². The van der Waals surface area contributed by atoms with E-state index in [2.05, 4.69) is 17.2 Å². The van der Waals surface area contributed by atoms with Crippen molar-refractivity contribution < 1.29 is 9.53 Å². The zero-order valence-electron chi connectivity index (χ0n) is 13.4. The van der Waals surface area contributed by atoms with Crippen LogP contribution in [0, 0.1) is 0 Å². The van der Waals surface area contributed by atoms with Gasteiger partial charge in [0.15, 0.2) is 0 Å². The van der Waals surface area contributed by atoms with Gasteiger partial charge in [-0.25, -0.2) is 4.98 Å². The Morgan fingerprint density at radius 3 is 2.50 bits per heavy atom. The number of nitrogens with zero attached hydrogens (tertiary/aromatic N) is 1. The molecule has 0 saturated carbocycles. The molecular formula is C19H18N2O2S. The molecule has 3 aromatic rings. The number of carbonyl (C=O) groups is 1. The topological polar surface area (TPSA) is 51.2 Å². The van der Waals surface area contributed by atoms with Gasteiger partial charge in [0.2, 0.25) is 0 Å². The number of rotatable bonds is 6. The molecule has 0 atom stereocenters. The van der Waals surface area contributed by atoms with Gasteiger partial charge in [-0.05, 0) is 55.0 Å². The van der Waals surface area contributed by atoms with Gasteiger partial charge in [-0.1, -0.05) is 6.92 Å². The highest BCUT2D eigenvalue weighted by Gasteiger charge is 2.07. The van der Waals surface area contributed by atoms with E-state index in [1.54, 1.807) is 29.7 Å². The van der Waals surface area contributed by atoms with Gasteiger partial charge in [0, 0.05) is 28.4 Å². The maximum absolute atomic E-state index is 12.3. The van der Waals surface area contributed by atoms with Gasteiger partial charge in [-0.3, -0.25) is 4.79 Å². The number of carbonyl (C=O) groups excluding carboxylic acids is 1. The summed E-state index contributed by atoms with van der Waals surface area (Å²) in [6.45, 7) is 2.73. The van der Waals surface area contributed by atoms with Gasteiger partial charge >= 0.3 is 0 Å². The van der Waals surface area contributed by atoms with E-state index >= 15 is 0 Å². The Bertz CT molecular complexity index is 781. The highest BCUT2D eigenvalue weighted by Crippen LogP contribution is 2.23. The second-order valence-electron chi connectivity index (χ2n) is 5.24. The molecule has 0 aliphatic rings. The predicted octanol–water partition coefficient (Wildman–Crippen LogP) is 4.85. The molecule has 1 heterocycles. The van der Waals surface area contributed by atoms with E-state index < -0.39 is 0 Å². The normalized spacial score (nSPS) is 10.4. The molecule has 1 amide bonds. The van der Waals surface area contributed by atoms with Crippen LogP contribution in [-0.4, -0.2) is 17.5 Å². The van der Waals surface area contributed by atoms with Gasteiger partial charge < -0.3 is 10.1 Å². The van der Waals surface area contributed by atoms with Gasteiger partial charge in [0.25, 0.3) is 5.91 Å². The molecule has 0 fully saturated rings. The van der Waals surface area contributed by atoms with Crippen molar-refractivity contribution in [3.8, 4) is 16.3 Å². The monoisotopic (exact) mass is 338 g/mol. The summed E-state index contributed by atoms with van der Waals surface area (Å²) in [7, 11) is 0.